The monoisotopic (exact) mass is 277 g/mol. The Bertz CT molecular complexity index is 419. The summed E-state index contributed by atoms with van der Waals surface area (Å²) in [6.07, 6.45) is -5.92. The first-order chi connectivity index (χ1) is 8.76. The van der Waals surface area contributed by atoms with Gasteiger partial charge >= 0.3 is 6.18 Å². The van der Waals surface area contributed by atoms with Crippen molar-refractivity contribution >= 4 is 5.69 Å². The van der Waals surface area contributed by atoms with Gasteiger partial charge in [-0.2, -0.15) is 13.2 Å². The standard InChI is InChI=1S/C13H18F3NO2/c1-9(18)12-10(5-4-6-11(12)19-3)17(2)8-7-13(14,15)16/h4-6,9,18H,7-8H2,1-3H3/t9-/m1/s1. The number of aliphatic hydroxyl groups excluding tert-OH is 1. The highest BCUT2D eigenvalue weighted by Gasteiger charge is 2.28. The van der Waals surface area contributed by atoms with Crippen LogP contribution < -0.4 is 9.64 Å². The van der Waals surface area contributed by atoms with Crippen molar-refractivity contribution in [3.8, 4) is 5.75 Å². The lowest BCUT2D eigenvalue weighted by molar-refractivity contribution is -0.132. The van der Waals surface area contributed by atoms with Gasteiger partial charge in [0.05, 0.1) is 19.6 Å². The van der Waals surface area contributed by atoms with Gasteiger partial charge in [0, 0.05) is 24.8 Å². The second-order valence-electron chi connectivity index (χ2n) is 4.36. The molecule has 1 rings (SSSR count). The molecule has 0 aliphatic heterocycles. The number of hydrogen-bond donors (Lipinski definition) is 1. The van der Waals surface area contributed by atoms with Crippen LogP contribution in [0.5, 0.6) is 5.75 Å². The first kappa shape index (κ1) is 15.6. The maximum Gasteiger partial charge on any atom is 0.390 e. The number of benzene rings is 1. The van der Waals surface area contributed by atoms with Crippen molar-refractivity contribution in [2.45, 2.75) is 25.6 Å². The van der Waals surface area contributed by atoms with Crippen molar-refractivity contribution in [1.82, 2.24) is 0 Å². The van der Waals surface area contributed by atoms with Crippen molar-refractivity contribution in [2.24, 2.45) is 0 Å². The van der Waals surface area contributed by atoms with Gasteiger partial charge in [-0.05, 0) is 19.1 Å². The van der Waals surface area contributed by atoms with Crippen LogP contribution in [0.3, 0.4) is 0 Å². The van der Waals surface area contributed by atoms with Crippen molar-refractivity contribution in [3.63, 3.8) is 0 Å². The number of methoxy groups -OCH3 is 1. The van der Waals surface area contributed by atoms with Gasteiger partial charge in [-0.15, -0.1) is 0 Å². The lowest BCUT2D eigenvalue weighted by Gasteiger charge is -2.25. The minimum Gasteiger partial charge on any atom is -0.496 e. The zero-order chi connectivity index (χ0) is 14.6. The highest BCUT2D eigenvalue weighted by Crippen LogP contribution is 2.34. The molecular weight excluding hydrogens is 259 g/mol. The van der Waals surface area contributed by atoms with Crippen molar-refractivity contribution in [3.05, 3.63) is 23.8 Å². The molecule has 1 aromatic carbocycles. The molecule has 0 unspecified atom stereocenters. The molecule has 0 aliphatic carbocycles. The quantitative estimate of drug-likeness (QED) is 0.897. The van der Waals surface area contributed by atoms with Gasteiger partial charge in [0.25, 0.3) is 0 Å². The molecule has 1 N–H and O–H groups in total. The Morgan fingerprint density at radius 3 is 2.47 bits per heavy atom. The minimum absolute atomic E-state index is 0.170. The summed E-state index contributed by atoms with van der Waals surface area (Å²) in [5.41, 5.74) is 1.04. The molecule has 108 valence electrons. The molecule has 0 saturated heterocycles. The number of hydrogen-bond acceptors (Lipinski definition) is 3. The summed E-state index contributed by atoms with van der Waals surface area (Å²) < 4.78 is 41.8. The molecule has 19 heavy (non-hydrogen) atoms. The predicted octanol–water partition coefficient (Wildman–Crippen LogP) is 3.14. The van der Waals surface area contributed by atoms with Gasteiger partial charge in [0.15, 0.2) is 0 Å². The van der Waals surface area contributed by atoms with Crippen molar-refractivity contribution in [2.75, 3.05) is 25.6 Å². The van der Waals surface area contributed by atoms with Crippen LogP contribution in [-0.2, 0) is 0 Å². The molecule has 6 heteroatoms. The van der Waals surface area contributed by atoms with Gasteiger partial charge in [0.2, 0.25) is 0 Å². The van der Waals surface area contributed by atoms with Crippen LogP contribution >= 0.6 is 0 Å². The van der Waals surface area contributed by atoms with Crippen LogP contribution in [0, 0.1) is 0 Å². The van der Waals surface area contributed by atoms with Crippen molar-refractivity contribution < 1.29 is 23.0 Å². The average Bonchev–Trinajstić information content (AvgIpc) is 2.33. The van der Waals surface area contributed by atoms with E-state index in [0.29, 0.717) is 17.0 Å². The third-order valence-corrected chi connectivity index (χ3v) is 2.82. The number of ether oxygens (including phenoxy) is 1. The molecular formula is C13H18F3NO2. The van der Waals surface area contributed by atoms with Crippen LogP contribution in [0.2, 0.25) is 0 Å². The average molecular weight is 277 g/mol. The second-order valence-corrected chi connectivity index (χ2v) is 4.36. The summed E-state index contributed by atoms with van der Waals surface area (Å²) in [6, 6.07) is 5.02. The molecule has 0 fully saturated rings. The minimum atomic E-state index is -4.20. The smallest absolute Gasteiger partial charge is 0.390 e. The maximum atomic E-state index is 12.2. The first-order valence-corrected chi connectivity index (χ1v) is 5.89. The highest BCUT2D eigenvalue weighted by atomic mass is 19.4. The fourth-order valence-electron chi connectivity index (χ4n) is 1.88. The maximum absolute atomic E-state index is 12.2. The summed E-state index contributed by atoms with van der Waals surface area (Å²) in [7, 11) is 3.02. The Morgan fingerprint density at radius 2 is 2.00 bits per heavy atom. The number of aliphatic hydroxyl groups is 1. The number of nitrogens with zero attached hydrogens (tertiary/aromatic N) is 1. The highest BCUT2D eigenvalue weighted by molar-refractivity contribution is 5.60. The summed E-state index contributed by atoms with van der Waals surface area (Å²) in [4.78, 5) is 1.47. The topological polar surface area (TPSA) is 32.7 Å². The lowest BCUT2D eigenvalue weighted by Crippen LogP contribution is -2.25. The SMILES string of the molecule is COc1cccc(N(C)CCC(F)(F)F)c1[C@@H](C)O. The van der Waals surface area contributed by atoms with E-state index in [9.17, 15) is 18.3 Å². The van der Waals surface area contributed by atoms with Gasteiger partial charge in [0.1, 0.15) is 5.75 Å². The molecule has 0 saturated carbocycles. The van der Waals surface area contributed by atoms with Gasteiger partial charge in [-0.25, -0.2) is 0 Å². The third kappa shape index (κ3) is 4.31. The van der Waals surface area contributed by atoms with Crippen LogP contribution in [0.25, 0.3) is 0 Å². The Hall–Kier alpha value is -1.43. The molecule has 1 aromatic rings. The van der Waals surface area contributed by atoms with E-state index in [2.05, 4.69) is 0 Å². The van der Waals surface area contributed by atoms with Crippen LogP contribution in [0.1, 0.15) is 25.0 Å². The summed E-state index contributed by atoms with van der Waals surface area (Å²) in [5, 5.41) is 9.76. The number of halogens is 3. The Labute approximate surface area is 110 Å². The van der Waals surface area contributed by atoms with E-state index in [1.165, 1.54) is 12.0 Å². The Kier molecular flexibility index (Phi) is 5.05. The van der Waals surface area contributed by atoms with Crippen LogP contribution in [0.4, 0.5) is 18.9 Å². The largest absolute Gasteiger partial charge is 0.496 e. The van der Waals surface area contributed by atoms with Gasteiger partial charge in [-0.1, -0.05) is 6.07 Å². The van der Waals surface area contributed by atoms with Crippen molar-refractivity contribution in [1.29, 1.82) is 0 Å². The number of anilines is 1. The summed E-state index contributed by atoms with van der Waals surface area (Å²) >= 11 is 0. The summed E-state index contributed by atoms with van der Waals surface area (Å²) in [6.45, 7) is 1.38. The molecule has 0 aliphatic rings. The van der Waals surface area contributed by atoms with E-state index in [0.717, 1.165) is 0 Å². The number of alkyl halides is 3. The molecule has 0 radical (unpaired) electrons. The van der Waals surface area contributed by atoms with E-state index in [1.807, 2.05) is 0 Å². The lowest BCUT2D eigenvalue weighted by atomic mass is 10.1. The molecule has 0 amide bonds. The predicted molar refractivity (Wildman–Crippen MR) is 67.6 cm³/mol. The molecule has 1 atom stereocenters. The first-order valence-electron chi connectivity index (χ1n) is 5.89. The molecule has 3 nitrogen and oxygen atoms in total. The molecule has 0 heterocycles. The zero-order valence-electron chi connectivity index (χ0n) is 11.2. The molecule has 0 bridgehead atoms. The van der Waals surface area contributed by atoms with Crippen LogP contribution in [0.15, 0.2) is 18.2 Å². The summed E-state index contributed by atoms with van der Waals surface area (Å²) in [5.74, 6) is 0.464. The van der Waals surface area contributed by atoms with Crippen LogP contribution in [-0.4, -0.2) is 32.0 Å². The Morgan fingerprint density at radius 1 is 1.37 bits per heavy atom. The fraction of sp³-hybridized carbons (Fsp3) is 0.538. The number of rotatable bonds is 5. The van der Waals surface area contributed by atoms with E-state index < -0.39 is 18.7 Å². The van der Waals surface area contributed by atoms with E-state index in [4.69, 9.17) is 4.74 Å². The van der Waals surface area contributed by atoms with E-state index in [-0.39, 0.29) is 6.54 Å². The van der Waals surface area contributed by atoms with Gasteiger partial charge in [-0.3, -0.25) is 0 Å². The Balaban J connectivity index is 2.99. The third-order valence-electron chi connectivity index (χ3n) is 2.82. The molecule has 0 aromatic heterocycles. The second kappa shape index (κ2) is 6.14. The van der Waals surface area contributed by atoms with E-state index >= 15 is 0 Å². The molecule has 0 spiro atoms. The van der Waals surface area contributed by atoms with E-state index in [1.54, 1.807) is 32.2 Å². The van der Waals surface area contributed by atoms with Gasteiger partial charge < -0.3 is 14.7 Å². The normalized spacial score (nSPS) is 13.2. The fourth-order valence-corrected chi connectivity index (χ4v) is 1.88. The zero-order valence-corrected chi connectivity index (χ0v) is 11.2.